The van der Waals surface area contributed by atoms with Gasteiger partial charge >= 0.3 is 0 Å². The maximum atomic E-state index is 13.7. The molecule has 1 aromatic carbocycles. The van der Waals surface area contributed by atoms with Crippen LogP contribution in [0.5, 0.6) is 0 Å². The lowest BCUT2D eigenvalue weighted by Crippen LogP contribution is -2.59. The molecule has 4 saturated carbocycles. The Morgan fingerprint density at radius 1 is 1.04 bits per heavy atom. The van der Waals surface area contributed by atoms with Gasteiger partial charge in [0.1, 0.15) is 5.82 Å². The third kappa shape index (κ3) is 3.54. The molecular weight excluding hydrogens is 419 g/mol. The zero-order valence-corrected chi connectivity index (χ0v) is 18.1. The fourth-order valence-corrected chi connectivity index (χ4v) is 8.37. The molecule has 5 fully saturated rings. The molecule has 1 amide bonds. The molecule has 6 rings (SSSR count). The molecule has 1 heterocycles. The summed E-state index contributed by atoms with van der Waals surface area (Å²) >= 11 is 4.05. The Bertz CT molecular complexity index is 737. The number of hydrogen-bond donors (Lipinski definition) is 0. The lowest BCUT2D eigenvalue weighted by molar-refractivity contribution is -0.155. The van der Waals surface area contributed by atoms with Gasteiger partial charge in [-0.15, -0.1) is 0 Å². The number of benzene rings is 1. The van der Waals surface area contributed by atoms with E-state index >= 15 is 0 Å². The summed E-state index contributed by atoms with van der Waals surface area (Å²) in [5.41, 5.74) is 1.04. The van der Waals surface area contributed by atoms with Gasteiger partial charge < -0.3 is 4.90 Å². The molecule has 1 saturated heterocycles. The number of nitrogens with zero attached hydrogens (tertiary/aromatic N) is 2. The predicted molar refractivity (Wildman–Crippen MR) is 112 cm³/mol. The average molecular weight is 449 g/mol. The van der Waals surface area contributed by atoms with Crippen LogP contribution in [0.1, 0.15) is 50.5 Å². The Hall–Kier alpha value is -0.940. The van der Waals surface area contributed by atoms with E-state index in [4.69, 9.17) is 0 Å². The van der Waals surface area contributed by atoms with E-state index in [9.17, 15) is 9.18 Å². The van der Waals surface area contributed by atoms with E-state index in [0.29, 0.717) is 5.91 Å². The highest BCUT2D eigenvalue weighted by molar-refractivity contribution is 9.10. The molecule has 5 heteroatoms. The molecule has 2 unspecified atom stereocenters. The van der Waals surface area contributed by atoms with Crippen LogP contribution >= 0.6 is 15.9 Å². The van der Waals surface area contributed by atoms with Crippen LogP contribution < -0.4 is 0 Å². The molecule has 3 nitrogen and oxygen atoms in total. The number of carbonyl (C=O) groups excluding carboxylic acids is 1. The second-order valence-electron chi connectivity index (χ2n) is 9.94. The summed E-state index contributed by atoms with van der Waals surface area (Å²) in [6.07, 6.45) is 8.18. The summed E-state index contributed by atoms with van der Waals surface area (Å²) in [6.45, 7) is 4.45. The number of halogens is 2. The van der Waals surface area contributed by atoms with Gasteiger partial charge in [-0.1, -0.05) is 28.1 Å². The Balaban J connectivity index is 1.25. The summed E-state index contributed by atoms with van der Waals surface area (Å²) in [6, 6.07) is 6.81. The number of hydrogen-bond acceptors (Lipinski definition) is 2. The zero-order chi connectivity index (χ0) is 19.4. The molecule has 4 aliphatic carbocycles. The van der Waals surface area contributed by atoms with Crippen molar-refractivity contribution in [1.29, 1.82) is 0 Å². The maximum absolute atomic E-state index is 13.7. The van der Waals surface area contributed by atoms with E-state index in [0.717, 1.165) is 75.8 Å². The largest absolute Gasteiger partial charge is 0.341 e. The summed E-state index contributed by atoms with van der Waals surface area (Å²) in [5, 5.41) is 0. The quantitative estimate of drug-likeness (QED) is 0.631. The minimum Gasteiger partial charge on any atom is -0.341 e. The first kappa shape index (κ1) is 19.0. The van der Waals surface area contributed by atoms with Crippen molar-refractivity contribution in [2.45, 2.75) is 55.8 Å². The fraction of sp³-hybridized carbons (Fsp3) is 0.696. The molecule has 0 radical (unpaired) electrons. The Morgan fingerprint density at radius 3 is 2.43 bits per heavy atom. The van der Waals surface area contributed by atoms with E-state index < -0.39 is 0 Å². The van der Waals surface area contributed by atoms with Gasteiger partial charge in [-0.25, -0.2) is 4.39 Å². The molecule has 1 aromatic rings. The first-order valence-electron chi connectivity index (χ1n) is 10.9. The van der Waals surface area contributed by atoms with Crippen molar-refractivity contribution in [3.8, 4) is 0 Å². The summed E-state index contributed by atoms with van der Waals surface area (Å²) in [7, 11) is 0. The highest BCUT2D eigenvalue weighted by Crippen LogP contribution is 2.64. The van der Waals surface area contributed by atoms with Crippen molar-refractivity contribution < 1.29 is 9.18 Å². The Morgan fingerprint density at radius 2 is 1.75 bits per heavy atom. The van der Waals surface area contributed by atoms with Gasteiger partial charge in [0.15, 0.2) is 0 Å². The normalized spacial score (nSPS) is 37.9. The number of amides is 1. The van der Waals surface area contributed by atoms with Crippen LogP contribution in [0.25, 0.3) is 0 Å². The molecule has 28 heavy (non-hydrogen) atoms. The Kier molecular flexibility index (Phi) is 4.82. The lowest BCUT2D eigenvalue weighted by Gasteiger charge is -2.60. The molecule has 0 N–H and O–H groups in total. The highest BCUT2D eigenvalue weighted by atomic mass is 79.9. The average Bonchev–Trinajstić information content (AvgIpc) is 2.86. The Labute approximate surface area is 175 Å². The van der Waals surface area contributed by atoms with Crippen molar-refractivity contribution in [3.05, 3.63) is 35.6 Å². The highest BCUT2D eigenvalue weighted by Gasteiger charge is 2.60. The molecule has 5 aliphatic rings. The lowest BCUT2D eigenvalue weighted by atomic mass is 9.49. The van der Waals surface area contributed by atoms with Crippen molar-refractivity contribution >= 4 is 21.8 Å². The molecular formula is C23H30BrFN2O. The predicted octanol–water partition coefficient (Wildman–Crippen LogP) is 4.59. The SMILES string of the molecule is O=C(N1CCCN(Cc2ccc(F)cc2)CC1)C12CC3CC(CC(Br)(C3)C1)C2. The van der Waals surface area contributed by atoms with Gasteiger partial charge in [0, 0.05) is 37.0 Å². The van der Waals surface area contributed by atoms with Crippen LogP contribution in [0.3, 0.4) is 0 Å². The van der Waals surface area contributed by atoms with E-state index in [-0.39, 0.29) is 15.6 Å². The standard InChI is InChI=1S/C23H30BrFN2O/c24-23-13-18-10-19(14-23)12-22(11-18,16-23)21(28)27-7-1-6-26(8-9-27)15-17-2-4-20(25)5-3-17/h2-5,18-19H,1,6-16H2. The van der Waals surface area contributed by atoms with Crippen molar-refractivity contribution in [2.24, 2.45) is 17.3 Å². The van der Waals surface area contributed by atoms with Crippen LogP contribution in [0, 0.1) is 23.1 Å². The van der Waals surface area contributed by atoms with Gasteiger partial charge in [0.25, 0.3) is 0 Å². The molecule has 1 aliphatic heterocycles. The first-order valence-corrected chi connectivity index (χ1v) is 11.7. The van der Waals surface area contributed by atoms with Gasteiger partial charge in [0.05, 0.1) is 5.41 Å². The molecule has 0 spiro atoms. The van der Waals surface area contributed by atoms with Gasteiger partial charge in [-0.2, -0.15) is 0 Å². The second-order valence-corrected chi connectivity index (χ2v) is 11.6. The maximum Gasteiger partial charge on any atom is 0.228 e. The zero-order valence-electron chi connectivity index (χ0n) is 16.5. The van der Waals surface area contributed by atoms with Crippen molar-refractivity contribution in [1.82, 2.24) is 9.80 Å². The van der Waals surface area contributed by atoms with Crippen molar-refractivity contribution in [2.75, 3.05) is 26.2 Å². The molecule has 2 atom stereocenters. The fourth-order valence-electron chi connectivity index (χ4n) is 6.92. The van der Waals surface area contributed by atoms with Crippen LogP contribution in [0.15, 0.2) is 24.3 Å². The minimum atomic E-state index is -0.184. The van der Waals surface area contributed by atoms with Crippen molar-refractivity contribution in [3.63, 3.8) is 0 Å². The minimum absolute atomic E-state index is 0.0975. The van der Waals surface area contributed by atoms with Gasteiger partial charge in [-0.3, -0.25) is 9.69 Å². The molecule has 0 aromatic heterocycles. The smallest absolute Gasteiger partial charge is 0.228 e. The summed E-state index contributed by atoms with van der Waals surface area (Å²) < 4.78 is 13.4. The number of alkyl halides is 1. The third-order valence-corrected chi connectivity index (χ3v) is 8.57. The van der Waals surface area contributed by atoms with Crippen LogP contribution in [0.4, 0.5) is 4.39 Å². The topological polar surface area (TPSA) is 23.6 Å². The first-order chi connectivity index (χ1) is 13.4. The van der Waals surface area contributed by atoms with Crippen LogP contribution in [0.2, 0.25) is 0 Å². The second kappa shape index (κ2) is 7.09. The van der Waals surface area contributed by atoms with E-state index in [1.54, 1.807) is 0 Å². The number of carbonyl (C=O) groups is 1. The summed E-state index contributed by atoms with van der Waals surface area (Å²) in [4.78, 5) is 18.3. The van der Waals surface area contributed by atoms with Gasteiger partial charge in [0.2, 0.25) is 5.91 Å². The third-order valence-electron chi connectivity index (χ3n) is 7.64. The molecule has 152 valence electrons. The summed E-state index contributed by atoms with van der Waals surface area (Å²) in [5.74, 6) is 1.74. The van der Waals surface area contributed by atoms with Crippen LogP contribution in [-0.4, -0.2) is 46.2 Å². The molecule has 4 bridgehead atoms. The van der Waals surface area contributed by atoms with E-state index in [1.165, 1.54) is 31.4 Å². The van der Waals surface area contributed by atoms with E-state index in [2.05, 4.69) is 25.7 Å². The monoisotopic (exact) mass is 448 g/mol. The van der Waals surface area contributed by atoms with Gasteiger partial charge in [-0.05, 0) is 74.5 Å². The number of rotatable bonds is 3. The van der Waals surface area contributed by atoms with E-state index in [1.807, 2.05) is 12.1 Å². The van der Waals surface area contributed by atoms with Crippen LogP contribution in [-0.2, 0) is 11.3 Å².